The SMILES string of the molecule is CC.COC(=O)N1CCCCC1.Cc1ccc(CNC(=O)c2cc(=O)c(CN3CCCC(O)C3)c[nH]2)cc1. The molecule has 0 spiro atoms. The van der Waals surface area contributed by atoms with Crippen molar-refractivity contribution in [2.24, 2.45) is 0 Å². The Hall–Kier alpha value is -3.17. The molecule has 3 heterocycles. The summed E-state index contributed by atoms with van der Waals surface area (Å²) in [5, 5.41) is 12.5. The van der Waals surface area contributed by atoms with Gasteiger partial charge in [0.25, 0.3) is 5.91 Å². The molecule has 2 fully saturated rings. The Bertz CT molecular complexity index is 1050. The molecule has 1 aromatic carbocycles. The number of methoxy groups -OCH3 is 1. The Morgan fingerprint density at radius 3 is 2.37 bits per heavy atom. The zero-order valence-corrected chi connectivity index (χ0v) is 23.3. The number of benzene rings is 1. The number of piperidine rings is 2. The molecule has 38 heavy (non-hydrogen) atoms. The van der Waals surface area contributed by atoms with Gasteiger partial charge in [-0.1, -0.05) is 43.7 Å². The van der Waals surface area contributed by atoms with Crippen molar-refractivity contribution in [1.29, 1.82) is 0 Å². The highest BCUT2D eigenvalue weighted by atomic mass is 16.5. The third-order valence-electron chi connectivity index (χ3n) is 6.48. The van der Waals surface area contributed by atoms with Crippen LogP contribution in [0.1, 0.15) is 73.1 Å². The number of ether oxygens (including phenoxy) is 1. The number of carbonyl (C=O) groups is 2. The monoisotopic (exact) mass is 528 g/mol. The van der Waals surface area contributed by atoms with E-state index < -0.39 is 0 Å². The van der Waals surface area contributed by atoms with E-state index in [1.807, 2.05) is 45.0 Å². The highest BCUT2D eigenvalue weighted by Crippen LogP contribution is 2.12. The van der Waals surface area contributed by atoms with Gasteiger partial charge in [0.1, 0.15) is 5.69 Å². The fourth-order valence-electron chi connectivity index (χ4n) is 4.36. The largest absolute Gasteiger partial charge is 0.453 e. The first kappa shape index (κ1) is 31.1. The number of H-pyrrole nitrogens is 1. The van der Waals surface area contributed by atoms with Gasteiger partial charge in [-0.3, -0.25) is 14.5 Å². The van der Waals surface area contributed by atoms with Crippen molar-refractivity contribution in [3.05, 3.63) is 69.1 Å². The molecule has 3 N–H and O–H groups in total. The van der Waals surface area contributed by atoms with Gasteiger partial charge in [-0.05, 0) is 51.1 Å². The molecule has 9 heteroatoms. The quantitative estimate of drug-likeness (QED) is 0.543. The minimum Gasteiger partial charge on any atom is -0.453 e. The minimum absolute atomic E-state index is 0.163. The average molecular weight is 529 g/mol. The number of pyridine rings is 1. The average Bonchev–Trinajstić information content (AvgIpc) is 2.95. The Balaban J connectivity index is 0.000000353. The Morgan fingerprint density at radius 1 is 1.08 bits per heavy atom. The van der Waals surface area contributed by atoms with Gasteiger partial charge in [0, 0.05) is 50.6 Å². The molecular formula is C29H44N4O5. The Morgan fingerprint density at radius 2 is 1.76 bits per heavy atom. The Kier molecular flexibility index (Phi) is 13.6. The molecule has 2 aliphatic rings. The first-order valence-corrected chi connectivity index (χ1v) is 13.6. The second-order valence-corrected chi connectivity index (χ2v) is 9.45. The van der Waals surface area contributed by atoms with Crippen LogP contribution in [0.15, 0.2) is 41.3 Å². The number of aliphatic hydroxyl groups is 1. The van der Waals surface area contributed by atoms with Gasteiger partial charge >= 0.3 is 6.09 Å². The lowest BCUT2D eigenvalue weighted by atomic mass is 10.1. The van der Waals surface area contributed by atoms with Gasteiger partial charge in [0.2, 0.25) is 0 Å². The number of aromatic nitrogens is 1. The minimum atomic E-state index is -0.324. The standard InChI is InChI=1S/C20H25N3O3.C7H13NO2.C2H6/c1-14-4-6-15(7-5-14)10-22-20(26)18-9-19(25)16(11-21-18)12-23-8-2-3-17(24)13-23;1-10-7(9)8-5-3-2-4-6-8;1-2/h4-7,9,11,17,24H,2-3,8,10,12-13H2,1H3,(H,21,25)(H,22,26);2-6H2,1H3;1-2H3. The van der Waals surface area contributed by atoms with Crippen LogP contribution in [-0.4, -0.2) is 71.3 Å². The van der Waals surface area contributed by atoms with Gasteiger partial charge < -0.3 is 25.0 Å². The molecule has 1 unspecified atom stereocenters. The van der Waals surface area contributed by atoms with Gasteiger partial charge in [-0.25, -0.2) is 4.79 Å². The van der Waals surface area contributed by atoms with Crippen LogP contribution >= 0.6 is 0 Å². The van der Waals surface area contributed by atoms with Crippen LogP contribution in [0.3, 0.4) is 0 Å². The van der Waals surface area contributed by atoms with Crippen LogP contribution in [0.4, 0.5) is 4.79 Å². The molecular weight excluding hydrogens is 484 g/mol. The van der Waals surface area contributed by atoms with E-state index in [4.69, 9.17) is 0 Å². The molecule has 0 saturated carbocycles. The summed E-state index contributed by atoms with van der Waals surface area (Å²) in [4.78, 5) is 42.2. The molecule has 2 aliphatic heterocycles. The number of carbonyl (C=O) groups excluding carboxylic acids is 2. The lowest BCUT2D eigenvalue weighted by Crippen LogP contribution is -2.38. The topological polar surface area (TPSA) is 115 Å². The van der Waals surface area contributed by atoms with E-state index >= 15 is 0 Å². The zero-order valence-electron chi connectivity index (χ0n) is 23.3. The maximum absolute atomic E-state index is 12.3. The number of aromatic amines is 1. The Labute approximate surface area is 226 Å². The molecule has 2 amide bonds. The zero-order chi connectivity index (χ0) is 27.9. The number of likely N-dealkylation sites (tertiary alicyclic amines) is 2. The summed E-state index contributed by atoms with van der Waals surface area (Å²) in [6.45, 7) is 10.1. The molecule has 0 aliphatic carbocycles. The van der Waals surface area contributed by atoms with Gasteiger partial charge in [0.15, 0.2) is 5.43 Å². The summed E-state index contributed by atoms with van der Waals surface area (Å²) in [6, 6.07) is 9.27. The number of aliphatic hydroxyl groups excluding tert-OH is 1. The fraction of sp³-hybridized carbons (Fsp3) is 0.552. The van der Waals surface area contributed by atoms with Crippen molar-refractivity contribution < 1.29 is 19.4 Å². The van der Waals surface area contributed by atoms with Gasteiger partial charge in [0.05, 0.1) is 13.2 Å². The first-order chi connectivity index (χ1) is 18.4. The van der Waals surface area contributed by atoms with E-state index in [-0.39, 0.29) is 29.2 Å². The van der Waals surface area contributed by atoms with Gasteiger partial charge in [-0.2, -0.15) is 0 Å². The lowest BCUT2D eigenvalue weighted by Gasteiger charge is -2.29. The molecule has 0 radical (unpaired) electrons. The molecule has 4 rings (SSSR count). The molecule has 0 bridgehead atoms. The van der Waals surface area contributed by atoms with E-state index in [0.29, 0.717) is 25.2 Å². The number of β-amino-alcohol motifs (C(OH)–C–C–N with tert-alkyl or cyclic N) is 1. The lowest BCUT2D eigenvalue weighted by molar-refractivity contribution is 0.0666. The van der Waals surface area contributed by atoms with E-state index in [2.05, 4.69) is 19.9 Å². The summed E-state index contributed by atoms with van der Waals surface area (Å²) in [7, 11) is 1.43. The van der Waals surface area contributed by atoms with Crippen LogP contribution in [-0.2, 0) is 17.8 Å². The number of rotatable bonds is 5. The number of nitrogens with zero attached hydrogens (tertiary/aromatic N) is 2. The van der Waals surface area contributed by atoms with E-state index in [9.17, 15) is 19.5 Å². The first-order valence-electron chi connectivity index (χ1n) is 13.6. The normalized spacial score (nSPS) is 17.3. The number of hydrogen-bond donors (Lipinski definition) is 3. The van der Waals surface area contributed by atoms with Crippen molar-refractivity contribution in [2.75, 3.05) is 33.3 Å². The third-order valence-corrected chi connectivity index (χ3v) is 6.48. The maximum Gasteiger partial charge on any atom is 0.409 e. The molecule has 210 valence electrons. The number of aryl methyl sites for hydroxylation is 1. The predicted molar refractivity (Wildman–Crippen MR) is 149 cm³/mol. The number of amides is 2. The van der Waals surface area contributed by atoms with E-state index in [0.717, 1.165) is 50.9 Å². The second kappa shape index (κ2) is 16.6. The summed E-state index contributed by atoms with van der Waals surface area (Å²) in [5.41, 5.74) is 2.87. The number of hydrogen-bond acceptors (Lipinski definition) is 6. The summed E-state index contributed by atoms with van der Waals surface area (Å²) >= 11 is 0. The molecule has 1 aromatic heterocycles. The summed E-state index contributed by atoms with van der Waals surface area (Å²) < 4.78 is 4.58. The fourth-order valence-corrected chi connectivity index (χ4v) is 4.36. The second-order valence-electron chi connectivity index (χ2n) is 9.45. The molecule has 2 saturated heterocycles. The summed E-state index contributed by atoms with van der Waals surface area (Å²) in [5.74, 6) is -0.303. The molecule has 2 aromatic rings. The maximum atomic E-state index is 12.3. The van der Waals surface area contributed by atoms with Crippen LogP contribution < -0.4 is 10.7 Å². The van der Waals surface area contributed by atoms with Crippen molar-refractivity contribution in [3.8, 4) is 0 Å². The predicted octanol–water partition coefficient (Wildman–Crippen LogP) is 3.83. The summed E-state index contributed by atoms with van der Waals surface area (Å²) in [6.07, 6.45) is 6.32. The molecule has 1 atom stereocenters. The molecule has 9 nitrogen and oxygen atoms in total. The van der Waals surface area contributed by atoms with Crippen molar-refractivity contribution in [1.82, 2.24) is 20.1 Å². The highest BCUT2D eigenvalue weighted by molar-refractivity contribution is 5.92. The highest BCUT2D eigenvalue weighted by Gasteiger charge is 2.19. The van der Waals surface area contributed by atoms with Crippen LogP contribution in [0.2, 0.25) is 0 Å². The number of nitrogens with one attached hydrogen (secondary N) is 2. The van der Waals surface area contributed by atoms with E-state index in [1.54, 1.807) is 11.1 Å². The van der Waals surface area contributed by atoms with E-state index in [1.165, 1.54) is 25.2 Å². The van der Waals surface area contributed by atoms with Crippen molar-refractivity contribution >= 4 is 12.0 Å². The van der Waals surface area contributed by atoms with Crippen LogP contribution in [0, 0.1) is 6.92 Å². The van der Waals surface area contributed by atoms with Crippen LogP contribution in [0.5, 0.6) is 0 Å². The third kappa shape index (κ3) is 10.3. The van der Waals surface area contributed by atoms with Crippen LogP contribution in [0.25, 0.3) is 0 Å². The van der Waals surface area contributed by atoms with Crippen molar-refractivity contribution in [2.45, 2.75) is 72.1 Å². The van der Waals surface area contributed by atoms with Gasteiger partial charge in [-0.15, -0.1) is 0 Å². The van der Waals surface area contributed by atoms with Crippen molar-refractivity contribution in [3.63, 3.8) is 0 Å². The smallest absolute Gasteiger partial charge is 0.409 e.